The third-order valence-corrected chi connectivity index (χ3v) is 3.31. The molecule has 0 heterocycles. The van der Waals surface area contributed by atoms with Gasteiger partial charge >= 0.3 is 0 Å². The standard InChI is InChI=1S/C14H19NO/c1-10(15)9-14(16)13-8-3-2-7-12(13)11-5-4-6-11/h2-3,7-8,10-11H,4-6,9,15H2,1H3. The Bertz CT molecular complexity index is 380. The Morgan fingerprint density at radius 2 is 2.12 bits per heavy atom. The van der Waals surface area contributed by atoms with E-state index in [-0.39, 0.29) is 11.8 Å². The molecule has 1 unspecified atom stereocenters. The molecular formula is C14H19NO. The molecule has 1 aromatic rings. The molecule has 1 aliphatic rings. The van der Waals surface area contributed by atoms with Crippen LogP contribution in [-0.2, 0) is 0 Å². The average Bonchev–Trinajstić information content (AvgIpc) is 2.14. The van der Waals surface area contributed by atoms with Crippen molar-refractivity contribution in [1.29, 1.82) is 0 Å². The van der Waals surface area contributed by atoms with Gasteiger partial charge in [-0.25, -0.2) is 0 Å². The molecule has 2 rings (SSSR count). The summed E-state index contributed by atoms with van der Waals surface area (Å²) in [6.45, 7) is 1.88. The Labute approximate surface area is 96.8 Å². The fourth-order valence-electron chi connectivity index (χ4n) is 2.23. The molecule has 1 saturated carbocycles. The second kappa shape index (κ2) is 4.79. The molecule has 0 spiro atoms. The van der Waals surface area contributed by atoms with Gasteiger partial charge in [0.2, 0.25) is 0 Å². The number of hydrogen-bond donors (Lipinski definition) is 1. The summed E-state index contributed by atoms with van der Waals surface area (Å²) in [5.41, 5.74) is 7.81. The van der Waals surface area contributed by atoms with Crippen LogP contribution in [0.5, 0.6) is 0 Å². The van der Waals surface area contributed by atoms with Gasteiger partial charge in [0.25, 0.3) is 0 Å². The second-order valence-corrected chi connectivity index (χ2v) is 4.82. The highest BCUT2D eigenvalue weighted by Crippen LogP contribution is 2.38. The summed E-state index contributed by atoms with van der Waals surface area (Å²) >= 11 is 0. The highest BCUT2D eigenvalue weighted by molar-refractivity contribution is 5.98. The van der Waals surface area contributed by atoms with Crippen LogP contribution in [0.1, 0.15) is 54.4 Å². The first-order valence-corrected chi connectivity index (χ1v) is 6.06. The van der Waals surface area contributed by atoms with E-state index in [1.165, 1.54) is 24.8 Å². The third kappa shape index (κ3) is 2.33. The van der Waals surface area contributed by atoms with Gasteiger partial charge in [-0.3, -0.25) is 4.79 Å². The van der Waals surface area contributed by atoms with Crippen LogP contribution in [0.15, 0.2) is 24.3 Å². The van der Waals surface area contributed by atoms with Gasteiger partial charge in [-0.15, -0.1) is 0 Å². The Morgan fingerprint density at radius 1 is 1.44 bits per heavy atom. The van der Waals surface area contributed by atoms with E-state index < -0.39 is 0 Å². The van der Waals surface area contributed by atoms with E-state index >= 15 is 0 Å². The maximum absolute atomic E-state index is 12.0. The Hall–Kier alpha value is -1.15. The molecular weight excluding hydrogens is 198 g/mol. The van der Waals surface area contributed by atoms with Crippen LogP contribution in [0.25, 0.3) is 0 Å². The maximum Gasteiger partial charge on any atom is 0.164 e. The highest BCUT2D eigenvalue weighted by atomic mass is 16.1. The number of hydrogen-bond acceptors (Lipinski definition) is 2. The monoisotopic (exact) mass is 217 g/mol. The van der Waals surface area contributed by atoms with E-state index in [0.717, 1.165) is 5.56 Å². The molecule has 2 heteroatoms. The van der Waals surface area contributed by atoms with Gasteiger partial charge in [-0.1, -0.05) is 30.7 Å². The molecule has 0 amide bonds. The molecule has 86 valence electrons. The first-order chi connectivity index (χ1) is 7.68. The van der Waals surface area contributed by atoms with Crippen LogP contribution in [0.4, 0.5) is 0 Å². The van der Waals surface area contributed by atoms with Gasteiger partial charge in [-0.2, -0.15) is 0 Å². The minimum atomic E-state index is -0.0538. The molecule has 1 atom stereocenters. The lowest BCUT2D eigenvalue weighted by atomic mass is 9.77. The largest absolute Gasteiger partial charge is 0.328 e. The molecule has 2 nitrogen and oxygen atoms in total. The van der Waals surface area contributed by atoms with Gasteiger partial charge in [0.15, 0.2) is 5.78 Å². The van der Waals surface area contributed by atoms with Crippen molar-refractivity contribution in [2.45, 2.75) is 44.6 Å². The summed E-state index contributed by atoms with van der Waals surface area (Å²) in [7, 11) is 0. The quantitative estimate of drug-likeness (QED) is 0.788. The predicted molar refractivity (Wildman–Crippen MR) is 65.6 cm³/mol. The lowest BCUT2D eigenvalue weighted by Gasteiger charge is -2.27. The van der Waals surface area contributed by atoms with Crippen molar-refractivity contribution in [1.82, 2.24) is 0 Å². The summed E-state index contributed by atoms with van der Waals surface area (Å²) in [4.78, 5) is 12.0. The van der Waals surface area contributed by atoms with Crippen molar-refractivity contribution in [3.63, 3.8) is 0 Å². The van der Waals surface area contributed by atoms with Crippen molar-refractivity contribution in [3.05, 3.63) is 35.4 Å². The van der Waals surface area contributed by atoms with Crippen molar-refractivity contribution in [2.24, 2.45) is 5.73 Å². The molecule has 1 fully saturated rings. The molecule has 0 saturated heterocycles. The number of benzene rings is 1. The molecule has 0 aromatic heterocycles. The van der Waals surface area contributed by atoms with Crippen LogP contribution < -0.4 is 5.73 Å². The number of rotatable bonds is 4. The Morgan fingerprint density at radius 3 is 2.69 bits per heavy atom. The summed E-state index contributed by atoms with van der Waals surface area (Å²) in [6.07, 6.45) is 4.19. The van der Waals surface area contributed by atoms with Crippen LogP contribution in [-0.4, -0.2) is 11.8 Å². The zero-order valence-corrected chi connectivity index (χ0v) is 9.78. The van der Waals surface area contributed by atoms with E-state index in [1.807, 2.05) is 25.1 Å². The van der Waals surface area contributed by atoms with E-state index in [2.05, 4.69) is 6.07 Å². The zero-order chi connectivity index (χ0) is 11.5. The maximum atomic E-state index is 12.0. The number of carbonyl (C=O) groups is 1. The fourth-order valence-corrected chi connectivity index (χ4v) is 2.23. The summed E-state index contributed by atoms with van der Waals surface area (Å²) in [5, 5.41) is 0. The second-order valence-electron chi connectivity index (χ2n) is 4.82. The topological polar surface area (TPSA) is 43.1 Å². The van der Waals surface area contributed by atoms with Crippen LogP contribution in [0.2, 0.25) is 0 Å². The number of nitrogens with two attached hydrogens (primary N) is 1. The number of carbonyl (C=O) groups excluding carboxylic acids is 1. The normalized spacial score (nSPS) is 17.9. The Balaban J connectivity index is 2.21. The van der Waals surface area contributed by atoms with Crippen molar-refractivity contribution >= 4 is 5.78 Å². The van der Waals surface area contributed by atoms with Crippen molar-refractivity contribution in [2.75, 3.05) is 0 Å². The minimum Gasteiger partial charge on any atom is -0.328 e. The fraction of sp³-hybridized carbons (Fsp3) is 0.500. The van der Waals surface area contributed by atoms with Crippen LogP contribution >= 0.6 is 0 Å². The molecule has 2 N–H and O–H groups in total. The van der Waals surface area contributed by atoms with E-state index in [4.69, 9.17) is 5.73 Å². The highest BCUT2D eigenvalue weighted by Gasteiger charge is 2.24. The number of Topliss-reactive ketones (excluding diaryl/α,β-unsaturated/α-hetero) is 1. The molecule has 16 heavy (non-hydrogen) atoms. The van der Waals surface area contributed by atoms with Crippen molar-refractivity contribution < 1.29 is 4.79 Å². The third-order valence-electron chi connectivity index (χ3n) is 3.31. The van der Waals surface area contributed by atoms with Gasteiger partial charge in [0.1, 0.15) is 0 Å². The molecule has 0 bridgehead atoms. The molecule has 0 aliphatic heterocycles. The lowest BCUT2D eigenvalue weighted by molar-refractivity contribution is 0.0974. The van der Waals surface area contributed by atoms with E-state index in [1.54, 1.807) is 0 Å². The summed E-state index contributed by atoms with van der Waals surface area (Å²) < 4.78 is 0. The molecule has 1 aromatic carbocycles. The van der Waals surface area contributed by atoms with Crippen molar-refractivity contribution in [3.8, 4) is 0 Å². The Kier molecular flexibility index (Phi) is 3.39. The molecule has 0 radical (unpaired) electrons. The first kappa shape index (κ1) is 11.3. The zero-order valence-electron chi connectivity index (χ0n) is 9.78. The smallest absolute Gasteiger partial charge is 0.164 e. The van der Waals surface area contributed by atoms with E-state index in [9.17, 15) is 4.79 Å². The summed E-state index contributed by atoms with van der Waals surface area (Å²) in [5.74, 6) is 0.797. The van der Waals surface area contributed by atoms with Gasteiger partial charge < -0.3 is 5.73 Å². The van der Waals surface area contributed by atoms with E-state index in [0.29, 0.717) is 12.3 Å². The number of ketones is 1. The molecule has 1 aliphatic carbocycles. The lowest BCUT2D eigenvalue weighted by Crippen LogP contribution is -2.21. The minimum absolute atomic E-state index is 0.0538. The average molecular weight is 217 g/mol. The summed E-state index contributed by atoms with van der Waals surface area (Å²) in [6, 6.07) is 7.95. The van der Waals surface area contributed by atoms with Crippen LogP contribution in [0.3, 0.4) is 0 Å². The van der Waals surface area contributed by atoms with Crippen LogP contribution in [0, 0.1) is 0 Å². The predicted octanol–water partition coefficient (Wildman–Crippen LogP) is 2.87. The van der Waals surface area contributed by atoms with Gasteiger partial charge in [0, 0.05) is 18.0 Å². The van der Waals surface area contributed by atoms with Gasteiger partial charge in [-0.05, 0) is 31.2 Å². The first-order valence-electron chi connectivity index (χ1n) is 6.06. The van der Waals surface area contributed by atoms with Gasteiger partial charge in [0.05, 0.1) is 0 Å². The SMILES string of the molecule is CC(N)CC(=O)c1ccccc1C1CCC1.